The Morgan fingerprint density at radius 2 is 0.830 bits per heavy atom. The van der Waals surface area contributed by atoms with Gasteiger partial charge in [0.25, 0.3) is 0 Å². The molecule has 4 rings (SSSR count). The molecule has 2 aliphatic heterocycles. The van der Waals surface area contributed by atoms with Gasteiger partial charge in [-0.1, -0.05) is 14.9 Å². The number of hydrogen-bond acceptors (Lipinski definition) is 23. The van der Waals surface area contributed by atoms with Crippen LogP contribution in [-0.2, 0) is 52.3 Å². The van der Waals surface area contributed by atoms with Crippen molar-refractivity contribution in [2.75, 3.05) is 14.2 Å². The maximum absolute atomic E-state index is 12.2. The van der Waals surface area contributed by atoms with Crippen molar-refractivity contribution in [3.05, 3.63) is 0 Å². The molecule has 0 bridgehead atoms. The summed E-state index contributed by atoms with van der Waals surface area (Å²) in [6, 6.07) is 0. The summed E-state index contributed by atoms with van der Waals surface area (Å²) in [6.07, 6.45) is -38.2. The van der Waals surface area contributed by atoms with Gasteiger partial charge in [-0.2, -0.15) is 0 Å². The standard InChI is InChI=1S/C28H42O23.2CH4/c1-45-7-3-5(23(37)38)17(11(31)9(7)29)48-28-16(36)14(34)20(22(51-28)26(43)44)47-8-4-6(24(39)40)18(12(32)10(8)30)49-27-15(35)13(33)19(46-2)21(50-27)25(41)42;;/h5-22,27-36H,3-4H2,1-2H3,(H,37,38)(H,39,40)(H,41,42)(H,43,44);2*1H4/p-4/t5-,6-,7-,8-,9?,10?,11?,12?,13+,14-,15?,16?,17-,18-,19+,20+,21?,22?,27-,28-;;/m1../s1. The molecule has 0 radical (unpaired) electrons. The Balaban J connectivity index is 0.00000486. The molecule has 4 fully saturated rings. The third kappa shape index (κ3) is 9.22. The quantitative estimate of drug-likeness (QED) is 0.0912. The zero-order chi connectivity index (χ0) is 38.2. The molecule has 0 aromatic carbocycles. The van der Waals surface area contributed by atoms with Crippen LogP contribution >= 0.6 is 0 Å². The highest BCUT2D eigenvalue weighted by atomic mass is 16.7. The zero-order valence-electron chi connectivity index (χ0n) is 26.7. The summed E-state index contributed by atoms with van der Waals surface area (Å²) in [6.45, 7) is 0. The van der Waals surface area contributed by atoms with E-state index in [2.05, 4.69) is 0 Å². The van der Waals surface area contributed by atoms with Gasteiger partial charge in [0.1, 0.15) is 73.2 Å². The minimum atomic E-state index is -2.42. The number of hydrogen-bond donors (Lipinski definition) is 8. The number of aliphatic carboxylic acids is 4. The van der Waals surface area contributed by atoms with Gasteiger partial charge < -0.3 is 114 Å². The average molecular weight is 775 g/mol. The molecule has 8 unspecified atom stereocenters. The second-order valence-corrected chi connectivity index (χ2v) is 12.6. The number of carbonyl (C=O) groups is 4. The predicted octanol–water partition coefficient (Wildman–Crippen LogP) is -10.8. The SMILES string of the molecule is C.C.CO[C@@H]1C(C(=O)[O-])O[C@@H](O[C@H]2C(O)C(O)[C@H](O[C@@H]3C(C(=O)[O-])O[C@@H](O[C@H]4C(O)C(O)[C@H](OC)C[C@H]4C(=O)[O-])C(O)[C@H]3O)C[C@H]2C(=O)[O-])C(O)[C@@H]1O. The molecule has 23 nitrogen and oxygen atoms in total. The van der Waals surface area contributed by atoms with Crippen LogP contribution in [0.1, 0.15) is 27.7 Å². The van der Waals surface area contributed by atoms with Crippen LogP contribution in [0.2, 0.25) is 0 Å². The molecule has 2 heterocycles. The molecular weight excluding hydrogens is 728 g/mol. The number of carboxylic acid groups (broad SMARTS) is 4. The highest BCUT2D eigenvalue weighted by Gasteiger charge is 2.55. The van der Waals surface area contributed by atoms with Crippen LogP contribution in [-0.4, -0.2) is 189 Å². The Labute approximate surface area is 301 Å². The van der Waals surface area contributed by atoms with Crippen LogP contribution in [0.4, 0.5) is 0 Å². The minimum Gasteiger partial charge on any atom is -0.550 e. The number of aliphatic hydroxyl groups is 8. The average Bonchev–Trinajstić information content (AvgIpc) is 3.07. The van der Waals surface area contributed by atoms with E-state index in [0.717, 1.165) is 14.2 Å². The molecule has 0 aromatic heterocycles. The number of rotatable bonds is 12. The van der Waals surface area contributed by atoms with Crippen molar-refractivity contribution < 1.29 is 114 Å². The third-order valence-electron chi connectivity index (χ3n) is 9.55. The molecule has 8 N–H and O–H groups in total. The fourth-order valence-electron chi connectivity index (χ4n) is 6.74. The summed E-state index contributed by atoms with van der Waals surface area (Å²) in [4.78, 5) is 47.6. The lowest BCUT2D eigenvalue weighted by Gasteiger charge is -2.50. The summed E-state index contributed by atoms with van der Waals surface area (Å²) in [5.74, 6) is -11.5. The van der Waals surface area contributed by atoms with Crippen LogP contribution in [0.15, 0.2) is 0 Å². The first-order valence-electron chi connectivity index (χ1n) is 15.5. The van der Waals surface area contributed by atoms with Crippen LogP contribution in [0.5, 0.6) is 0 Å². The van der Waals surface area contributed by atoms with E-state index < -0.39 is 159 Å². The Morgan fingerprint density at radius 1 is 0.472 bits per heavy atom. The normalized spacial score (nSPS) is 45.9. The first kappa shape index (κ1) is 46.4. The summed E-state index contributed by atoms with van der Waals surface area (Å²) in [5, 5.41) is 133. The third-order valence-corrected chi connectivity index (χ3v) is 9.55. The first-order valence-corrected chi connectivity index (χ1v) is 15.5. The highest BCUT2D eigenvalue weighted by Crippen LogP contribution is 2.37. The van der Waals surface area contributed by atoms with E-state index in [9.17, 15) is 80.5 Å². The second-order valence-electron chi connectivity index (χ2n) is 12.6. The van der Waals surface area contributed by atoms with Gasteiger partial charge in [0.2, 0.25) is 0 Å². The van der Waals surface area contributed by atoms with Gasteiger partial charge in [-0.25, -0.2) is 0 Å². The largest absolute Gasteiger partial charge is 0.550 e. The predicted molar refractivity (Wildman–Crippen MR) is 155 cm³/mol. The van der Waals surface area contributed by atoms with E-state index in [1.807, 2.05) is 0 Å². The van der Waals surface area contributed by atoms with Crippen LogP contribution in [0, 0.1) is 11.8 Å². The van der Waals surface area contributed by atoms with Crippen LogP contribution in [0.25, 0.3) is 0 Å². The maximum Gasteiger partial charge on any atom is 0.187 e. The number of methoxy groups -OCH3 is 2. The fourth-order valence-corrected chi connectivity index (χ4v) is 6.74. The van der Waals surface area contributed by atoms with Crippen molar-refractivity contribution in [3.63, 3.8) is 0 Å². The molecule has 4 aliphatic rings. The summed E-state index contributed by atoms with van der Waals surface area (Å²) < 4.78 is 36.2. The van der Waals surface area contributed by atoms with Crippen LogP contribution < -0.4 is 20.4 Å². The van der Waals surface area contributed by atoms with Crippen molar-refractivity contribution in [3.8, 4) is 0 Å². The maximum atomic E-state index is 12.2. The molecule has 0 amide bonds. The Morgan fingerprint density at radius 3 is 1.21 bits per heavy atom. The Hall–Kier alpha value is -2.72. The lowest BCUT2D eigenvalue weighted by molar-refractivity contribution is -0.374. The molecule has 2 saturated heterocycles. The molecule has 20 atom stereocenters. The van der Waals surface area contributed by atoms with Crippen molar-refractivity contribution in [2.24, 2.45) is 11.8 Å². The van der Waals surface area contributed by atoms with E-state index in [1.54, 1.807) is 0 Å². The van der Waals surface area contributed by atoms with Gasteiger partial charge in [-0.3, -0.25) is 0 Å². The lowest BCUT2D eigenvalue weighted by Crippen LogP contribution is -2.68. The minimum absolute atomic E-state index is 0. The topological polar surface area (TPSA) is 387 Å². The fraction of sp³-hybridized carbons (Fsp3) is 0.867. The number of carboxylic acids is 4. The van der Waals surface area contributed by atoms with Gasteiger partial charge in [-0.15, -0.1) is 0 Å². The summed E-state index contributed by atoms with van der Waals surface area (Å²) >= 11 is 0. The van der Waals surface area contributed by atoms with E-state index in [0.29, 0.717) is 0 Å². The van der Waals surface area contributed by atoms with Crippen molar-refractivity contribution in [2.45, 2.75) is 138 Å². The van der Waals surface area contributed by atoms with Crippen molar-refractivity contribution in [1.29, 1.82) is 0 Å². The Kier molecular flexibility index (Phi) is 16.4. The number of carbonyl (C=O) groups excluding carboxylic acids is 4. The van der Waals surface area contributed by atoms with Gasteiger partial charge in [-0.05, 0) is 12.8 Å². The summed E-state index contributed by atoms with van der Waals surface area (Å²) in [7, 11) is 2.11. The number of ether oxygens (including phenoxy) is 7. The molecule has 308 valence electrons. The number of aliphatic hydroxyl groups excluding tert-OH is 8. The van der Waals surface area contributed by atoms with Crippen molar-refractivity contribution >= 4 is 23.9 Å². The van der Waals surface area contributed by atoms with E-state index in [-0.39, 0.29) is 14.9 Å². The summed E-state index contributed by atoms with van der Waals surface area (Å²) in [5.41, 5.74) is 0. The molecular formula is C30H46O23-4. The zero-order valence-corrected chi connectivity index (χ0v) is 26.7. The van der Waals surface area contributed by atoms with Crippen LogP contribution in [0.3, 0.4) is 0 Å². The van der Waals surface area contributed by atoms with Gasteiger partial charge >= 0.3 is 0 Å². The first-order chi connectivity index (χ1) is 23.9. The molecule has 0 aromatic rings. The molecule has 53 heavy (non-hydrogen) atoms. The van der Waals surface area contributed by atoms with E-state index in [4.69, 9.17) is 33.2 Å². The molecule has 2 saturated carbocycles. The van der Waals surface area contributed by atoms with Gasteiger partial charge in [0.15, 0.2) is 12.6 Å². The monoisotopic (exact) mass is 774 g/mol. The molecule has 0 spiro atoms. The van der Waals surface area contributed by atoms with E-state index in [1.165, 1.54) is 0 Å². The molecule has 2 aliphatic carbocycles. The van der Waals surface area contributed by atoms with Gasteiger partial charge in [0, 0.05) is 38.0 Å². The van der Waals surface area contributed by atoms with Gasteiger partial charge in [0.05, 0.1) is 36.4 Å². The van der Waals surface area contributed by atoms with Crippen molar-refractivity contribution in [1.82, 2.24) is 0 Å². The smallest absolute Gasteiger partial charge is 0.187 e. The highest BCUT2D eigenvalue weighted by molar-refractivity contribution is 5.72. The lowest BCUT2D eigenvalue weighted by atomic mass is 9.80. The molecule has 23 heteroatoms. The van der Waals surface area contributed by atoms with E-state index >= 15 is 0 Å². The second kappa shape index (κ2) is 18.7. The Bertz CT molecular complexity index is 1250.